The van der Waals surface area contributed by atoms with Gasteiger partial charge in [-0.05, 0) is 12.1 Å². The zero-order valence-corrected chi connectivity index (χ0v) is 11.5. The molecule has 3 rings (SSSR count). The molecule has 0 saturated heterocycles. The van der Waals surface area contributed by atoms with E-state index >= 15 is 0 Å². The predicted octanol–water partition coefficient (Wildman–Crippen LogP) is 3.29. The molecule has 0 atom stereocenters. The Hall–Kier alpha value is -2.66. The second-order valence-electron chi connectivity index (χ2n) is 4.30. The summed E-state index contributed by atoms with van der Waals surface area (Å²) < 4.78 is 1.40. The van der Waals surface area contributed by atoms with Crippen LogP contribution in [0.15, 0.2) is 54.9 Å². The summed E-state index contributed by atoms with van der Waals surface area (Å²) in [4.78, 5) is 15.4. The summed E-state index contributed by atoms with van der Waals surface area (Å²) in [6, 6.07) is 12.5. The van der Waals surface area contributed by atoms with Crippen molar-refractivity contribution in [1.82, 2.24) is 14.8 Å². The highest BCUT2D eigenvalue weighted by Crippen LogP contribution is 2.30. The molecule has 0 amide bonds. The van der Waals surface area contributed by atoms with E-state index in [2.05, 4.69) is 10.1 Å². The van der Waals surface area contributed by atoms with Gasteiger partial charge >= 0.3 is 5.97 Å². The van der Waals surface area contributed by atoms with Crippen LogP contribution in [0.3, 0.4) is 0 Å². The van der Waals surface area contributed by atoms with E-state index < -0.39 is 5.97 Å². The minimum atomic E-state index is -1.11. The number of aromatic nitrogens is 3. The zero-order chi connectivity index (χ0) is 14.8. The Morgan fingerprint density at radius 2 is 1.76 bits per heavy atom. The molecule has 5 nitrogen and oxygen atoms in total. The maximum Gasteiger partial charge on any atom is 0.341 e. The number of hydrogen-bond donors (Lipinski definition) is 1. The molecular weight excluding hydrogens is 290 g/mol. The van der Waals surface area contributed by atoms with Crippen LogP contribution in [0.2, 0.25) is 5.15 Å². The number of carboxylic acids is 1. The third kappa shape index (κ3) is 2.39. The van der Waals surface area contributed by atoms with Crippen LogP contribution in [0, 0.1) is 0 Å². The van der Waals surface area contributed by atoms with Crippen LogP contribution in [0.1, 0.15) is 10.4 Å². The topological polar surface area (TPSA) is 68.0 Å². The van der Waals surface area contributed by atoms with E-state index in [0.29, 0.717) is 16.9 Å². The Balaban J connectivity index is 2.24. The maximum atomic E-state index is 11.5. The molecule has 21 heavy (non-hydrogen) atoms. The number of carbonyl (C=O) groups is 1. The molecule has 0 saturated carbocycles. The van der Waals surface area contributed by atoms with Crippen molar-refractivity contribution in [1.29, 1.82) is 0 Å². The van der Waals surface area contributed by atoms with Crippen LogP contribution in [0.5, 0.6) is 0 Å². The smallest absolute Gasteiger partial charge is 0.341 e. The van der Waals surface area contributed by atoms with Crippen molar-refractivity contribution < 1.29 is 9.90 Å². The van der Waals surface area contributed by atoms with Crippen molar-refractivity contribution in [3.63, 3.8) is 0 Å². The van der Waals surface area contributed by atoms with Crippen molar-refractivity contribution in [3.8, 4) is 16.9 Å². The van der Waals surface area contributed by atoms with E-state index in [1.807, 2.05) is 18.2 Å². The van der Waals surface area contributed by atoms with Gasteiger partial charge in [0, 0.05) is 18.0 Å². The van der Waals surface area contributed by atoms with Crippen LogP contribution in [-0.4, -0.2) is 25.8 Å². The van der Waals surface area contributed by atoms with Crippen molar-refractivity contribution in [2.75, 3.05) is 0 Å². The Kier molecular flexibility index (Phi) is 3.41. The molecule has 0 aliphatic carbocycles. The Bertz CT molecular complexity index is 785. The van der Waals surface area contributed by atoms with E-state index in [1.54, 1.807) is 36.7 Å². The minimum Gasteiger partial charge on any atom is -0.478 e. The van der Waals surface area contributed by atoms with Gasteiger partial charge in [-0.2, -0.15) is 5.10 Å². The molecular formula is C15H10ClN3O2. The molecule has 0 spiro atoms. The van der Waals surface area contributed by atoms with E-state index in [1.165, 1.54) is 4.68 Å². The van der Waals surface area contributed by atoms with Crippen molar-refractivity contribution in [2.45, 2.75) is 0 Å². The molecule has 2 heterocycles. The van der Waals surface area contributed by atoms with Gasteiger partial charge in [0.2, 0.25) is 0 Å². The van der Waals surface area contributed by atoms with Gasteiger partial charge in [0.25, 0.3) is 0 Å². The zero-order valence-electron chi connectivity index (χ0n) is 10.8. The molecule has 3 aromatic rings. The summed E-state index contributed by atoms with van der Waals surface area (Å²) in [6.07, 6.45) is 3.19. The van der Waals surface area contributed by atoms with Crippen LogP contribution < -0.4 is 0 Å². The number of hydrogen-bond acceptors (Lipinski definition) is 3. The van der Waals surface area contributed by atoms with Gasteiger partial charge in [-0.3, -0.25) is 4.98 Å². The number of pyridine rings is 1. The number of rotatable bonds is 3. The fourth-order valence-electron chi connectivity index (χ4n) is 2.04. The molecule has 0 aliphatic rings. The van der Waals surface area contributed by atoms with E-state index in [-0.39, 0.29) is 10.7 Å². The van der Waals surface area contributed by atoms with Gasteiger partial charge in [-0.15, -0.1) is 0 Å². The second kappa shape index (κ2) is 5.38. The lowest BCUT2D eigenvalue weighted by Gasteiger charge is -2.01. The predicted molar refractivity (Wildman–Crippen MR) is 78.8 cm³/mol. The summed E-state index contributed by atoms with van der Waals surface area (Å²) in [6.45, 7) is 0. The van der Waals surface area contributed by atoms with Crippen LogP contribution >= 0.6 is 11.6 Å². The molecule has 1 aromatic carbocycles. The molecule has 1 N–H and O–H groups in total. The Morgan fingerprint density at radius 3 is 2.38 bits per heavy atom. The van der Waals surface area contributed by atoms with Gasteiger partial charge in [-0.1, -0.05) is 41.9 Å². The van der Waals surface area contributed by atoms with Crippen LogP contribution in [0.25, 0.3) is 16.9 Å². The molecule has 2 aromatic heterocycles. The third-order valence-electron chi connectivity index (χ3n) is 3.00. The van der Waals surface area contributed by atoms with E-state index in [0.717, 1.165) is 0 Å². The number of halogens is 1. The first-order valence-corrected chi connectivity index (χ1v) is 6.54. The summed E-state index contributed by atoms with van der Waals surface area (Å²) in [5.41, 5.74) is 1.67. The fourth-order valence-corrected chi connectivity index (χ4v) is 2.35. The highest BCUT2D eigenvalue weighted by molar-refractivity contribution is 6.33. The second-order valence-corrected chi connectivity index (χ2v) is 4.66. The normalized spacial score (nSPS) is 10.5. The number of carboxylic acid groups (broad SMARTS) is 1. The Labute approximate surface area is 125 Å². The molecule has 0 radical (unpaired) electrons. The first-order valence-electron chi connectivity index (χ1n) is 6.16. The SMILES string of the molecule is O=C(O)c1c(-c2ccccc2)nn(-c2ccncc2)c1Cl. The fraction of sp³-hybridized carbons (Fsp3) is 0. The van der Waals surface area contributed by atoms with E-state index in [9.17, 15) is 9.90 Å². The highest BCUT2D eigenvalue weighted by Gasteiger charge is 2.23. The Morgan fingerprint density at radius 1 is 1.10 bits per heavy atom. The lowest BCUT2D eigenvalue weighted by Crippen LogP contribution is -1.99. The first kappa shape index (κ1) is 13.3. The molecule has 0 unspecified atom stereocenters. The van der Waals surface area contributed by atoms with Gasteiger partial charge in [0.15, 0.2) is 0 Å². The van der Waals surface area contributed by atoms with Gasteiger partial charge in [0.1, 0.15) is 16.4 Å². The minimum absolute atomic E-state index is 0.0142. The average molecular weight is 300 g/mol. The van der Waals surface area contributed by atoms with Gasteiger partial charge < -0.3 is 5.11 Å². The van der Waals surface area contributed by atoms with E-state index in [4.69, 9.17) is 11.6 Å². The summed E-state index contributed by atoms with van der Waals surface area (Å²) in [7, 11) is 0. The molecule has 0 aliphatic heterocycles. The number of benzene rings is 1. The van der Waals surface area contributed by atoms with Crippen molar-refractivity contribution >= 4 is 17.6 Å². The molecule has 6 heteroatoms. The van der Waals surface area contributed by atoms with Crippen LogP contribution in [-0.2, 0) is 0 Å². The largest absolute Gasteiger partial charge is 0.478 e. The highest BCUT2D eigenvalue weighted by atomic mass is 35.5. The van der Waals surface area contributed by atoms with Crippen LogP contribution in [0.4, 0.5) is 0 Å². The first-order chi connectivity index (χ1) is 10.2. The molecule has 0 fully saturated rings. The monoisotopic (exact) mass is 299 g/mol. The number of nitrogens with zero attached hydrogens (tertiary/aromatic N) is 3. The van der Waals surface area contributed by atoms with Crippen molar-refractivity contribution in [2.24, 2.45) is 0 Å². The summed E-state index contributed by atoms with van der Waals surface area (Å²) in [5, 5.41) is 13.8. The summed E-state index contributed by atoms with van der Waals surface area (Å²) >= 11 is 6.21. The lowest BCUT2D eigenvalue weighted by molar-refractivity contribution is 0.0698. The lowest BCUT2D eigenvalue weighted by atomic mass is 10.1. The third-order valence-corrected chi connectivity index (χ3v) is 3.35. The quantitative estimate of drug-likeness (QED) is 0.806. The summed E-state index contributed by atoms with van der Waals surface area (Å²) in [5.74, 6) is -1.11. The maximum absolute atomic E-state index is 11.5. The molecule has 104 valence electrons. The number of aromatic carboxylic acids is 1. The molecule has 0 bridgehead atoms. The average Bonchev–Trinajstić information content (AvgIpc) is 2.87. The van der Waals surface area contributed by atoms with Gasteiger partial charge in [-0.25, -0.2) is 9.48 Å². The van der Waals surface area contributed by atoms with Gasteiger partial charge in [0.05, 0.1) is 5.69 Å². The standard InChI is InChI=1S/C15H10ClN3O2/c16-14-12(15(20)21)13(10-4-2-1-3-5-10)18-19(14)11-6-8-17-9-7-11/h1-9H,(H,20,21). The van der Waals surface area contributed by atoms with Crippen molar-refractivity contribution in [3.05, 3.63) is 65.6 Å².